The van der Waals surface area contributed by atoms with E-state index in [1.165, 1.54) is 22.3 Å². The van der Waals surface area contributed by atoms with Crippen LogP contribution in [0.1, 0.15) is 34.7 Å². The van der Waals surface area contributed by atoms with Crippen LogP contribution in [0, 0.1) is 13.8 Å². The van der Waals surface area contributed by atoms with Gasteiger partial charge >= 0.3 is 0 Å². The molecule has 0 aliphatic carbocycles. The molecule has 2 heteroatoms. The lowest BCUT2D eigenvalue weighted by molar-refractivity contribution is 0.708. The fraction of sp³-hybridized carbons (Fsp3) is 0.174. The van der Waals surface area contributed by atoms with Crippen LogP contribution >= 0.6 is 0 Å². The van der Waals surface area contributed by atoms with Gasteiger partial charge in [-0.15, -0.1) is 0 Å². The van der Waals surface area contributed by atoms with Gasteiger partial charge in [0.25, 0.3) is 0 Å². The van der Waals surface area contributed by atoms with Crippen molar-refractivity contribution >= 4 is 11.4 Å². The third-order valence-electron chi connectivity index (χ3n) is 4.67. The van der Waals surface area contributed by atoms with E-state index in [-0.39, 0.29) is 6.04 Å². The molecular weight excluding hydrogens is 304 g/mol. The molecule has 0 amide bonds. The minimum absolute atomic E-state index is 0.234. The smallest absolute Gasteiger partial charge is 0.0831 e. The first-order valence-electron chi connectivity index (χ1n) is 8.76. The zero-order valence-corrected chi connectivity index (χ0v) is 14.7. The van der Waals surface area contributed by atoms with Crippen LogP contribution in [0.5, 0.6) is 0 Å². The Labute approximate surface area is 149 Å². The summed E-state index contributed by atoms with van der Waals surface area (Å²) in [5, 5.41) is 7.21. The van der Waals surface area contributed by atoms with Crippen LogP contribution < -0.4 is 5.01 Å². The highest BCUT2D eigenvalue weighted by Gasteiger charge is 2.29. The molecule has 0 spiro atoms. The largest absolute Gasteiger partial charge is 0.257 e. The van der Waals surface area contributed by atoms with Crippen LogP contribution in [0.3, 0.4) is 0 Å². The Balaban J connectivity index is 1.79. The van der Waals surface area contributed by atoms with Gasteiger partial charge in [-0.1, -0.05) is 66.7 Å². The molecule has 2 nitrogen and oxygen atoms in total. The Morgan fingerprint density at radius 1 is 0.800 bits per heavy atom. The normalized spacial score (nSPS) is 16.8. The Morgan fingerprint density at radius 2 is 1.40 bits per heavy atom. The molecule has 25 heavy (non-hydrogen) atoms. The molecule has 1 heterocycles. The van der Waals surface area contributed by atoms with Gasteiger partial charge in [0, 0.05) is 6.42 Å². The number of hydrogen-bond acceptors (Lipinski definition) is 2. The standard InChI is InChI=1S/C23H22N2/c1-17-13-18(2)15-21(14-17)25-23(20-11-7-4-8-12-20)16-22(24-25)19-9-5-3-6-10-19/h3-15,23H,16H2,1-2H3/t23-/m0/s1. The van der Waals surface area contributed by atoms with E-state index in [0.29, 0.717) is 0 Å². The quantitative estimate of drug-likeness (QED) is 0.606. The second-order valence-electron chi connectivity index (χ2n) is 6.73. The highest BCUT2D eigenvalue weighted by Crippen LogP contribution is 2.37. The van der Waals surface area contributed by atoms with Crippen LogP contribution in [0.4, 0.5) is 5.69 Å². The summed E-state index contributed by atoms with van der Waals surface area (Å²) in [7, 11) is 0. The van der Waals surface area contributed by atoms with Gasteiger partial charge in [0.1, 0.15) is 0 Å². The van der Waals surface area contributed by atoms with Crippen LogP contribution in [0.2, 0.25) is 0 Å². The molecule has 0 saturated carbocycles. The summed E-state index contributed by atoms with van der Waals surface area (Å²) < 4.78 is 0. The summed E-state index contributed by atoms with van der Waals surface area (Å²) in [4.78, 5) is 0. The van der Waals surface area contributed by atoms with E-state index < -0.39 is 0 Å². The Bertz CT molecular complexity index is 878. The first-order chi connectivity index (χ1) is 12.2. The van der Waals surface area contributed by atoms with Gasteiger partial charge in [-0.3, -0.25) is 5.01 Å². The van der Waals surface area contributed by atoms with Crippen molar-refractivity contribution in [3.63, 3.8) is 0 Å². The molecule has 4 rings (SSSR count). The van der Waals surface area contributed by atoms with E-state index in [0.717, 1.165) is 17.8 Å². The Kier molecular flexibility index (Phi) is 4.10. The minimum atomic E-state index is 0.234. The maximum Gasteiger partial charge on any atom is 0.0831 e. The number of hydrazone groups is 1. The molecule has 3 aromatic carbocycles. The molecule has 1 aliphatic rings. The summed E-state index contributed by atoms with van der Waals surface area (Å²) in [5.41, 5.74) is 7.35. The monoisotopic (exact) mass is 326 g/mol. The van der Waals surface area contributed by atoms with Gasteiger partial charge in [0.05, 0.1) is 17.4 Å². The van der Waals surface area contributed by atoms with Crippen LogP contribution in [0.25, 0.3) is 0 Å². The molecule has 3 aromatic rings. The molecule has 1 atom stereocenters. The van der Waals surface area contributed by atoms with E-state index in [1.807, 2.05) is 0 Å². The van der Waals surface area contributed by atoms with Crippen molar-refractivity contribution in [1.82, 2.24) is 0 Å². The third kappa shape index (κ3) is 3.20. The molecule has 1 aliphatic heterocycles. The van der Waals surface area contributed by atoms with Crippen molar-refractivity contribution in [2.45, 2.75) is 26.3 Å². The maximum absolute atomic E-state index is 5.02. The highest BCUT2D eigenvalue weighted by molar-refractivity contribution is 6.03. The van der Waals surface area contributed by atoms with Crippen molar-refractivity contribution in [1.29, 1.82) is 0 Å². The summed E-state index contributed by atoms with van der Waals surface area (Å²) in [6.07, 6.45) is 0.918. The number of aryl methyl sites for hydroxylation is 2. The fourth-order valence-corrected chi connectivity index (χ4v) is 3.57. The molecular formula is C23H22N2. The van der Waals surface area contributed by atoms with Crippen LogP contribution in [-0.2, 0) is 0 Å². The van der Waals surface area contributed by atoms with E-state index in [9.17, 15) is 0 Å². The van der Waals surface area contributed by atoms with Gasteiger partial charge in [0.15, 0.2) is 0 Å². The first-order valence-corrected chi connectivity index (χ1v) is 8.76. The lowest BCUT2D eigenvalue weighted by Crippen LogP contribution is -2.18. The third-order valence-corrected chi connectivity index (χ3v) is 4.67. The summed E-state index contributed by atoms with van der Waals surface area (Å²) in [5.74, 6) is 0. The van der Waals surface area contributed by atoms with Gasteiger partial charge in [-0.2, -0.15) is 5.10 Å². The maximum atomic E-state index is 5.02. The first kappa shape index (κ1) is 15.6. The van der Waals surface area contributed by atoms with Gasteiger partial charge in [-0.05, 0) is 48.2 Å². The van der Waals surface area contributed by atoms with E-state index in [1.54, 1.807) is 0 Å². The lowest BCUT2D eigenvalue weighted by Gasteiger charge is -2.24. The van der Waals surface area contributed by atoms with Crippen molar-refractivity contribution in [3.8, 4) is 0 Å². The molecule has 0 unspecified atom stereocenters. The van der Waals surface area contributed by atoms with Gasteiger partial charge in [-0.25, -0.2) is 0 Å². The molecule has 0 radical (unpaired) electrons. The van der Waals surface area contributed by atoms with Crippen LogP contribution in [0.15, 0.2) is 84.0 Å². The summed E-state index contributed by atoms with van der Waals surface area (Å²) in [6, 6.07) is 28.1. The van der Waals surface area contributed by atoms with Crippen molar-refractivity contribution < 1.29 is 0 Å². The molecule has 0 aromatic heterocycles. The Morgan fingerprint density at radius 3 is 2.04 bits per heavy atom. The van der Waals surface area contributed by atoms with Crippen molar-refractivity contribution in [2.24, 2.45) is 5.10 Å². The molecule has 0 saturated heterocycles. The average Bonchev–Trinajstić information content (AvgIpc) is 3.08. The van der Waals surface area contributed by atoms with E-state index in [4.69, 9.17) is 5.10 Å². The number of hydrogen-bond donors (Lipinski definition) is 0. The number of anilines is 1. The highest BCUT2D eigenvalue weighted by atomic mass is 15.5. The zero-order valence-electron chi connectivity index (χ0n) is 14.7. The summed E-state index contributed by atoms with van der Waals surface area (Å²) in [6.45, 7) is 4.29. The average molecular weight is 326 g/mol. The van der Waals surface area contributed by atoms with Crippen molar-refractivity contribution in [2.75, 3.05) is 5.01 Å². The van der Waals surface area contributed by atoms with E-state index in [2.05, 4.69) is 97.7 Å². The van der Waals surface area contributed by atoms with E-state index >= 15 is 0 Å². The number of rotatable bonds is 3. The van der Waals surface area contributed by atoms with Gasteiger partial charge in [0.2, 0.25) is 0 Å². The molecule has 0 N–H and O–H groups in total. The Hall–Kier alpha value is -2.87. The second-order valence-corrected chi connectivity index (χ2v) is 6.73. The molecule has 124 valence electrons. The predicted molar refractivity (Wildman–Crippen MR) is 105 cm³/mol. The second kappa shape index (κ2) is 6.56. The number of benzene rings is 3. The molecule has 0 bridgehead atoms. The van der Waals surface area contributed by atoms with Crippen LogP contribution in [-0.4, -0.2) is 5.71 Å². The summed E-state index contributed by atoms with van der Waals surface area (Å²) >= 11 is 0. The fourth-order valence-electron chi connectivity index (χ4n) is 3.57. The minimum Gasteiger partial charge on any atom is -0.257 e. The SMILES string of the molecule is Cc1cc(C)cc(N2N=C(c3ccccc3)C[C@H]2c2ccccc2)c1. The predicted octanol–water partition coefficient (Wildman–Crippen LogP) is 5.66. The van der Waals surface area contributed by atoms with Gasteiger partial charge < -0.3 is 0 Å². The lowest BCUT2D eigenvalue weighted by atomic mass is 9.98. The van der Waals surface area contributed by atoms with Crippen molar-refractivity contribution in [3.05, 3.63) is 101 Å². The number of nitrogens with zero attached hydrogens (tertiary/aromatic N) is 2. The topological polar surface area (TPSA) is 15.6 Å². The molecule has 0 fully saturated rings. The zero-order chi connectivity index (χ0) is 17.2.